The largest absolute Gasteiger partial charge is 0.480 e. The van der Waals surface area contributed by atoms with Gasteiger partial charge in [-0.2, -0.15) is 0 Å². The Morgan fingerprint density at radius 2 is 2.35 bits per heavy atom. The maximum absolute atomic E-state index is 11.1. The molecule has 0 spiro atoms. The minimum absolute atomic E-state index is 0.134. The molecule has 0 amide bonds. The molecule has 1 aliphatic rings. The molecule has 1 aliphatic heterocycles. The van der Waals surface area contributed by atoms with Crippen LogP contribution in [0.4, 0.5) is 0 Å². The highest BCUT2D eigenvalue weighted by Crippen LogP contribution is 2.24. The lowest BCUT2D eigenvalue weighted by Gasteiger charge is -2.19. The summed E-state index contributed by atoms with van der Waals surface area (Å²) in [6.07, 6.45) is 2.95. The number of aromatic nitrogens is 2. The first-order chi connectivity index (χ1) is 8.19. The van der Waals surface area contributed by atoms with Gasteiger partial charge < -0.3 is 20.1 Å². The second-order valence-electron chi connectivity index (χ2n) is 4.19. The van der Waals surface area contributed by atoms with Crippen molar-refractivity contribution < 1.29 is 15.0 Å². The van der Waals surface area contributed by atoms with E-state index < -0.39 is 12.0 Å². The van der Waals surface area contributed by atoms with Gasteiger partial charge in [-0.25, -0.2) is 4.98 Å². The fraction of sp³-hybridized carbons (Fsp3) is 0.636. The molecule has 2 rings (SSSR count). The van der Waals surface area contributed by atoms with Gasteiger partial charge in [0.2, 0.25) is 0 Å². The molecule has 1 atom stereocenters. The van der Waals surface area contributed by atoms with E-state index in [1.54, 1.807) is 7.05 Å². The minimum Gasteiger partial charge on any atom is -0.480 e. The Morgan fingerprint density at radius 3 is 2.94 bits per heavy atom. The first kappa shape index (κ1) is 12.1. The van der Waals surface area contributed by atoms with Crippen LogP contribution in [0.3, 0.4) is 0 Å². The Labute approximate surface area is 99.3 Å². The molecular formula is C11H17N3O3. The van der Waals surface area contributed by atoms with Crippen LogP contribution in [0.15, 0.2) is 0 Å². The first-order valence-corrected chi connectivity index (χ1v) is 5.78. The van der Waals surface area contributed by atoms with Gasteiger partial charge in [0.1, 0.15) is 5.82 Å². The molecule has 0 saturated heterocycles. The maximum atomic E-state index is 11.1. The lowest BCUT2D eigenvalue weighted by molar-refractivity contribution is -0.139. The zero-order valence-electron chi connectivity index (χ0n) is 9.81. The van der Waals surface area contributed by atoms with Gasteiger partial charge in [0.05, 0.1) is 12.3 Å². The summed E-state index contributed by atoms with van der Waals surface area (Å²) in [7, 11) is 1.60. The molecule has 6 nitrogen and oxygen atoms in total. The number of nitrogens with zero attached hydrogens (tertiary/aromatic N) is 2. The van der Waals surface area contributed by atoms with Gasteiger partial charge in [0.15, 0.2) is 6.04 Å². The summed E-state index contributed by atoms with van der Waals surface area (Å²) in [6, 6.07) is -0.813. The number of carboxylic acid groups (broad SMARTS) is 1. The van der Waals surface area contributed by atoms with E-state index in [0.29, 0.717) is 11.5 Å². The molecular weight excluding hydrogens is 222 g/mol. The van der Waals surface area contributed by atoms with Crippen LogP contribution in [-0.4, -0.2) is 32.8 Å². The van der Waals surface area contributed by atoms with Crippen LogP contribution in [0, 0.1) is 0 Å². The average Bonchev–Trinajstić information content (AvgIpc) is 2.69. The number of imidazole rings is 1. The second-order valence-corrected chi connectivity index (χ2v) is 4.19. The molecule has 17 heavy (non-hydrogen) atoms. The molecule has 0 aliphatic carbocycles. The quantitative estimate of drug-likeness (QED) is 0.691. The van der Waals surface area contributed by atoms with Crippen molar-refractivity contribution in [1.82, 2.24) is 14.9 Å². The predicted molar refractivity (Wildman–Crippen MR) is 60.5 cm³/mol. The lowest BCUT2D eigenvalue weighted by Crippen LogP contribution is -2.29. The van der Waals surface area contributed by atoms with Crippen molar-refractivity contribution in [3.63, 3.8) is 0 Å². The zero-order chi connectivity index (χ0) is 12.4. The summed E-state index contributed by atoms with van der Waals surface area (Å²) in [4.78, 5) is 15.4. The van der Waals surface area contributed by atoms with Gasteiger partial charge in [-0.3, -0.25) is 4.79 Å². The summed E-state index contributed by atoms with van der Waals surface area (Å²) in [5.41, 5.74) is 1.59. The number of hydrogen-bond donors (Lipinski definition) is 3. The van der Waals surface area contributed by atoms with Crippen LogP contribution >= 0.6 is 0 Å². The third kappa shape index (κ3) is 2.05. The Morgan fingerprint density at radius 1 is 1.59 bits per heavy atom. The number of aliphatic carboxylic acids is 1. The van der Waals surface area contributed by atoms with E-state index in [2.05, 4.69) is 10.3 Å². The van der Waals surface area contributed by atoms with Gasteiger partial charge in [0, 0.05) is 12.2 Å². The van der Waals surface area contributed by atoms with E-state index in [1.807, 2.05) is 4.57 Å². The molecule has 6 heteroatoms. The van der Waals surface area contributed by atoms with Gasteiger partial charge in [0.25, 0.3) is 0 Å². The summed E-state index contributed by atoms with van der Waals surface area (Å²) in [5.74, 6) is -0.450. The monoisotopic (exact) mass is 239 g/mol. The molecule has 1 aromatic heterocycles. The van der Waals surface area contributed by atoms with Crippen molar-refractivity contribution in [3.05, 3.63) is 17.2 Å². The van der Waals surface area contributed by atoms with Crippen LogP contribution < -0.4 is 5.32 Å². The SMILES string of the molecule is CNC(C(=O)O)c1nc(CO)c2n1CCCC2. The molecule has 1 aromatic rings. The number of likely N-dealkylation sites (N-methyl/N-ethyl adjacent to an activating group) is 1. The van der Waals surface area contributed by atoms with Crippen molar-refractivity contribution >= 4 is 5.97 Å². The number of aliphatic hydroxyl groups excluding tert-OH is 1. The molecule has 0 bridgehead atoms. The summed E-state index contributed by atoms with van der Waals surface area (Å²) in [6.45, 7) is 0.647. The fourth-order valence-electron chi connectivity index (χ4n) is 2.36. The third-order valence-corrected chi connectivity index (χ3v) is 3.17. The highest BCUT2D eigenvalue weighted by atomic mass is 16.4. The number of carbonyl (C=O) groups is 1. The Hall–Kier alpha value is -1.40. The number of fused-ring (bicyclic) bond motifs is 1. The summed E-state index contributed by atoms with van der Waals surface area (Å²) in [5, 5.41) is 21.1. The van der Waals surface area contributed by atoms with Crippen LogP contribution in [0.5, 0.6) is 0 Å². The lowest BCUT2D eigenvalue weighted by atomic mass is 10.1. The molecule has 0 saturated carbocycles. The molecule has 1 unspecified atom stereocenters. The number of rotatable bonds is 4. The Kier molecular flexibility index (Phi) is 3.44. The highest BCUT2D eigenvalue weighted by molar-refractivity contribution is 5.74. The summed E-state index contributed by atoms with van der Waals surface area (Å²) >= 11 is 0. The molecule has 2 heterocycles. The van der Waals surface area contributed by atoms with Gasteiger partial charge in [-0.1, -0.05) is 0 Å². The standard InChI is InChI=1S/C11H17N3O3/c1-12-9(11(16)17)10-13-7(6-15)8-4-2-3-5-14(8)10/h9,12,15H,2-6H2,1H3,(H,16,17). The minimum atomic E-state index is -0.949. The van der Waals surface area contributed by atoms with E-state index in [9.17, 15) is 9.90 Å². The van der Waals surface area contributed by atoms with Crippen molar-refractivity contribution in [1.29, 1.82) is 0 Å². The van der Waals surface area contributed by atoms with Crippen molar-refractivity contribution in [2.75, 3.05) is 7.05 Å². The van der Waals surface area contributed by atoms with E-state index >= 15 is 0 Å². The van der Waals surface area contributed by atoms with Gasteiger partial charge >= 0.3 is 5.97 Å². The highest BCUT2D eigenvalue weighted by Gasteiger charge is 2.28. The third-order valence-electron chi connectivity index (χ3n) is 3.17. The fourth-order valence-corrected chi connectivity index (χ4v) is 2.36. The Bertz CT molecular complexity index is 428. The first-order valence-electron chi connectivity index (χ1n) is 5.78. The van der Waals surface area contributed by atoms with Crippen LogP contribution in [0.25, 0.3) is 0 Å². The maximum Gasteiger partial charge on any atom is 0.328 e. The van der Waals surface area contributed by atoms with Crippen LogP contribution in [0.2, 0.25) is 0 Å². The normalized spacial score (nSPS) is 16.6. The second kappa shape index (κ2) is 4.85. The van der Waals surface area contributed by atoms with E-state index in [1.165, 1.54) is 0 Å². The van der Waals surface area contributed by atoms with E-state index in [-0.39, 0.29) is 6.61 Å². The molecule has 0 aromatic carbocycles. The molecule has 3 N–H and O–H groups in total. The smallest absolute Gasteiger partial charge is 0.328 e. The summed E-state index contributed by atoms with van der Waals surface area (Å²) < 4.78 is 1.93. The van der Waals surface area contributed by atoms with E-state index in [0.717, 1.165) is 31.5 Å². The van der Waals surface area contributed by atoms with Crippen molar-refractivity contribution in [2.45, 2.75) is 38.5 Å². The number of nitrogens with one attached hydrogen (secondary N) is 1. The topological polar surface area (TPSA) is 87.4 Å². The molecule has 0 radical (unpaired) electrons. The van der Waals surface area contributed by atoms with Crippen molar-refractivity contribution in [2.24, 2.45) is 0 Å². The zero-order valence-corrected chi connectivity index (χ0v) is 9.81. The number of hydrogen-bond acceptors (Lipinski definition) is 4. The van der Waals surface area contributed by atoms with E-state index in [4.69, 9.17) is 5.11 Å². The Balaban J connectivity index is 2.46. The molecule has 94 valence electrons. The van der Waals surface area contributed by atoms with Crippen molar-refractivity contribution in [3.8, 4) is 0 Å². The van der Waals surface area contributed by atoms with Gasteiger partial charge in [-0.15, -0.1) is 0 Å². The predicted octanol–water partition coefficient (Wildman–Crippen LogP) is 0.0568. The average molecular weight is 239 g/mol. The van der Waals surface area contributed by atoms with Crippen LogP contribution in [-0.2, 0) is 24.4 Å². The van der Waals surface area contributed by atoms with Crippen LogP contribution in [0.1, 0.15) is 36.1 Å². The number of carboxylic acids is 1. The number of aliphatic hydroxyl groups is 1. The van der Waals surface area contributed by atoms with Gasteiger partial charge in [-0.05, 0) is 26.3 Å². The molecule has 0 fully saturated rings.